The summed E-state index contributed by atoms with van der Waals surface area (Å²) < 4.78 is 5.46. The highest BCUT2D eigenvalue weighted by Crippen LogP contribution is 2.29. The lowest BCUT2D eigenvalue weighted by molar-refractivity contribution is -0.121. The van der Waals surface area contributed by atoms with Gasteiger partial charge < -0.3 is 21.1 Å². The summed E-state index contributed by atoms with van der Waals surface area (Å²) in [5.74, 6) is -0.366. The standard InChI is InChI=1S/C14H19N3O3/c1-2-20-12-9(5-3-6-10(12)15)14(19)17-8-4-7-11(17)13(16)18/h3,5-6,11H,2,4,7-8,15H2,1H3,(H2,16,18). The lowest BCUT2D eigenvalue weighted by Gasteiger charge is -2.23. The summed E-state index contributed by atoms with van der Waals surface area (Å²) in [6.07, 6.45) is 1.37. The van der Waals surface area contributed by atoms with Crippen LogP contribution in [0.3, 0.4) is 0 Å². The monoisotopic (exact) mass is 277 g/mol. The molecule has 0 aromatic heterocycles. The van der Waals surface area contributed by atoms with E-state index in [-0.39, 0.29) is 5.91 Å². The van der Waals surface area contributed by atoms with Gasteiger partial charge in [-0.3, -0.25) is 9.59 Å². The van der Waals surface area contributed by atoms with Crippen LogP contribution in [0.25, 0.3) is 0 Å². The minimum Gasteiger partial charge on any atom is -0.491 e. The van der Waals surface area contributed by atoms with Gasteiger partial charge in [-0.15, -0.1) is 0 Å². The maximum absolute atomic E-state index is 12.6. The molecule has 2 amide bonds. The van der Waals surface area contributed by atoms with Gasteiger partial charge in [0.05, 0.1) is 17.9 Å². The van der Waals surface area contributed by atoms with E-state index in [4.69, 9.17) is 16.2 Å². The van der Waals surface area contributed by atoms with Crippen LogP contribution in [0.1, 0.15) is 30.1 Å². The molecule has 6 nitrogen and oxygen atoms in total. The van der Waals surface area contributed by atoms with Gasteiger partial charge in [-0.05, 0) is 31.9 Å². The van der Waals surface area contributed by atoms with Gasteiger partial charge in [-0.1, -0.05) is 6.07 Å². The number of primary amides is 1. The number of para-hydroxylation sites is 1. The Balaban J connectivity index is 2.33. The first kappa shape index (κ1) is 14.2. The molecule has 0 spiro atoms. The molecule has 1 aromatic rings. The molecule has 20 heavy (non-hydrogen) atoms. The zero-order valence-electron chi connectivity index (χ0n) is 11.5. The predicted octanol–water partition coefficient (Wildman–Crippen LogP) is 0.757. The van der Waals surface area contributed by atoms with Gasteiger partial charge in [0.15, 0.2) is 5.75 Å². The Morgan fingerprint density at radius 1 is 1.45 bits per heavy atom. The molecule has 6 heteroatoms. The van der Waals surface area contributed by atoms with Crippen LogP contribution in [0.15, 0.2) is 18.2 Å². The van der Waals surface area contributed by atoms with Gasteiger partial charge in [-0.2, -0.15) is 0 Å². The molecule has 1 heterocycles. The predicted molar refractivity (Wildman–Crippen MR) is 75.3 cm³/mol. The molecule has 1 atom stereocenters. The zero-order valence-corrected chi connectivity index (χ0v) is 11.5. The lowest BCUT2D eigenvalue weighted by atomic mass is 10.1. The first-order chi connectivity index (χ1) is 9.56. The van der Waals surface area contributed by atoms with Crippen molar-refractivity contribution in [1.82, 2.24) is 4.90 Å². The molecule has 4 N–H and O–H groups in total. The number of nitrogens with zero attached hydrogens (tertiary/aromatic N) is 1. The first-order valence-electron chi connectivity index (χ1n) is 6.67. The Morgan fingerprint density at radius 2 is 2.20 bits per heavy atom. The highest BCUT2D eigenvalue weighted by Gasteiger charge is 2.34. The van der Waals surface area contributed by atoms with Crippen LogP contribution in [-0.2, 0) is 4.79 Å². The van der Waals surface area contributed by atoms with E-state index in [9.17, 15) is 9.59 Å². The minimum absolute atomic E-state index is 0.262. The second kappa shape index (κ2) is 5.81. The fourth-order valence-electron chi connectivity index (χ4n) is 2.49. The number of hydrogen-bond donors (Lipinski definition) is 2. The number of hydrogen-bond acceptors (Lipinski definition) is 4. The number of nitrogens with two attached hydrogens (primary N) is 2. The Kier molecular flexibility index (Phi) is 4.12. The molecule has 1 saturated heterocycles. The summed E-state index contributed by atoms with van der Waals surface area (Å²) in [4.78, 5) is 25.5. The second-order valence-electron chi connectivity index (χ2n) is 4.72. The fourth-order valence-corrected chi connectivity index (χ4v) is 2.49. The van der Waals surface area contributed by atoms with Gasteiger partial charge in [0.25, 0.3) is 5.91 Å². The molecule has 0 saturated carbocycles. The third-order valence-corrected chi connectivity index (χ3v) is 3.41. The Hall–Kier alpha value is -2.24. The summed E-state index contributed by atoms with van der Waals surface area (Å²) in [6.45, 7) is 2.75. The van der Waals surface area contributed by atoms with Crippen LogP contribution in [0.2, 0.25) is 0 Å². The summed E-state index contributed by atoms with van der Waals surface area (Å²) in [6, 6.07) is 4.48. The molecular weight excluding hydrogens is 258 g/mol. The number of carbonyl (C=O) groups is 2. The summed E-state index contributed by atoms with van der Waals surface area (Å²) in [5, 5.41) is 0. The topological polar surface area (TPSA) is 98.7 Å². The van der Waals surface area contributed by atoms with Crippen LogP contribution in [-0.4, -0.2) is 35.9 Å². The highest BCUT2D eigenvalue weighted by atomic mass is 16.5. The van der Waals surface area contributed by atoms with Crippen molar-refractivity contribution >= 4 is 17.5 Å². The number of rotatable bonds is 4. The average molecular weight is 277 g/mol. The number of amides is 2. The molecule has 108 valence electrons. The van der Waals surface area contributed by atoms with Crippen molar-refractivity contribution in [2.75, 3.05) is 18.9 Å². The van der Waals surface area contributed by atoms with Crippen molar-refractivity contribution in [3.8, 4) is 5.75 Å². The van der Waals surface area contributed by atoms with Crippen LogP contribution in [0.4, 0.5) is 5.69 Å². The quantitative estimate of drug-likeness (QED) is 0.794. The van der Waals surface area contributed by atoms with Gasteiger partial charge in [-0.25, -0.2) is 0 Å². The Bertz CT molecular complexity index is 530. The van der Waals surface area contributed by atoms with Gasteiger partial charge in [0.2, 0.25) is 5.91 Å². The number of ether oxygens (including phenoxy) is 1. The van der Waals surface area contributed by atoms with E-state index in [2.05, 4.69) is 0 Å². The van der Waals surface area contributed by atoms with Crippen LogP contribution < -0.4 is 16.2 Å². The molecule has 1 aromatic carbocycles. The normalized spacial score (nSPS) is 18.1. The van der Waals surface area contributed by atoms with E-state index in [0.717, 1.165) is 6.42 Å². The maximum atomic E-state index is 12.6. The summed E-state index contributed by atoms with van der Waals surface area (Å²) >= 11 is 0. The van der Waals surface area contributed by atoms with Crippen molar-refractivity contribution in [3.05, 3.63) is 23.8 Å². The molecule has 0 radical (unpaired) electrons. The van der Waals surface area contributed by atoms with Crippen molar-refractivity contribution in [3.63, 3.8) is 0 Å². The Morgan fingerprint density at radius 3 is 2.85 bits per heavy atom. The van der Waals surface area contributed by atoms with E-state index in [0.29, 0.717) is 36.6 Å². The van der Waals surface area contributed by atoms with Crippen molar-refractivity contribution < 1.29 is 14.3 Å². The van der Waals surface area contributed by atoms with Crippen LogP contribution in [0.5, 0.6) is 5.75 Å². The average Bonchev–Trinajstić information content (AvgIpc) is 2.90. The lowest BCUT2D eigenvalue weighted by Crippen LogP contribution is -2.43. The first-order valence-corrected chi connectivity index (χ1v) is 6.67. The fraction of sp³-hybridized carbons (Fsp3) is 0.429. The van der Waals surface area contributed by atoms with E-state index in [1.165, 1.54) is 4.90 Å². The number of benzene rings is 1. The zero-order chi connectivity index (χ0) is 14.7. The molecule has 1 unspecified atom stereocenters. The van der Waals surface area contributed by atoms with Gasteiger partial charge in [0, 0.05) is 6.54 Å². The van der Waals surface area contributed by atoms with E-state index in [1.807, 2.05) is 6.92 Å². The smallest absolute Gasteiger partial charge is 0.258 e. The van der Waals surface area contributed by atoms with E-state index < -0.39 is 11.9 Å². The van der Waals surface area contributed by atoms with Crippen molar-refractivity contribution in [1.29, 1.82) is 0 Å². The third kappa shape index (κ3) is 2.54. The highest BCUT2D eigenvalue weighted by molar-refractivity contribution is 6.01. The largest absolute Gasteiger partial charge is 0.491 e. The maximum Gasteiger partial charge on any atom is 0.258 e. The Labute approximate surface area is 117 Å². The molecule has 0 aliphatic carbocycles. The van der Waals surface area contributed by atoms with Crippen molar-refractivity contribution in [2.24, 2.45) is 5.73 Å². The molecule has 1 fully saturated rings. The van der Waals surface area contributed by atoms with Crippen LogP contribution in [0, 0.1) is 0 Å². The minimum atomic E-state index is -0.543. The number of nitrogen functional groups attached to an aromatic ring is 1. The number of anilines is 1. The van der Waals surface area contributed by atoms with Gasteiger partial charge >= 0.3 is 0 Å². The molecule has 1 aliphatic heterocycles. The van der Waals surface area contributed by atoms with Gasteiger partial charge in [0.1, 0.15) is 6.04 Å². The summed E-state index contributed by atoms with van der Waals surface area (Å²) in [5.41, 5.74) is 12.0. The van der Waals surface area contributed by atoms with Crippen LogP contribution >= 0.6 is 0 Å². The molecule has 0 bridgehead atoms. The second-order valence-corrected chi connectivity index (χ2v) is 4.72. The third-order valence-electron chi connectivity index (χ3n) is 3.41. The molecular formula is C14H19N3O3. The molecule has 2 rings (SSSR count). The summed E-state index contributed by atoms with van der Waals surface area (Å²) in [7, 11) is 0. The number of likely N-dealkylation sites (tertiary alicyclic amines) is 1. The van der Waals surface area contributed by atoms with E-state index in [1.54, 1.807) is 18.2 Å². The van der Waals surface area contributed by atoms with E-state index >= 15 is 0 Å². The van der Waals surface area contributed by atoms with Crippen molar-refractivity contribution in [2.45, 2.75) is 25.8 Å². The SMILES string of the molecule is CCOc1c(N)cccc1C(=O)N1CCCC1C(N)=O. The number of carbonyl (C=O) groups excluding carboxylic acids is 2. The molecule has 1 aliphatic rings.